The molecule has 51 heavy (non-hydrogen) atoms. The summed E-state index contributed by atoms with van der Waals surface area (Å²) in [4.78, 5) is 27.0. The monoisotopic (exact) mass is 711 g/mol. The number of terminal acetylenes is 1. The van der Waals surface area contributed by atoms with Crippen molar-refractivity contribution in [3.63, 3.8) is 0 Å². The van der Waals surface area contributed by atoms with Crippen molar-refractivity contribution >= 4 is 23.5 Å². The molecule has 0 saturated carbocycles. The molecule has 0 amide bonds. The van der Waals surface area contributed by atoms with Crippen LogP contribution in [0.15, 0.2) is 108 Å². The number of hydrogen-bond donors (Lipinski definition) is 0. The lowest BCUT2D eigenvalue weighted by atomic mass is 9.88. The first-order valence-electron chi connectivity index (χ1n) is 17.9. The van der Waals surface area contributed by atoms with Crippen LogP contribution in [0, 0.1) is 17.8 Å². The molecular formula is C44H54ClNO5. The Morgan fingerprint density at radius 1 is 1.10 bits per heavy atom. The maximum absolute atomic E-state index is 12.6. The van der Waals surface area contributed by atoms with Crippen molar-refractivity contribution in [1.82, 2.24) is 4.90 Å². The van der Waals surface area contributed by atoms with Gasteiger partial charge in [0.15, 0.2) is 0 Å². The van der Waals surface area contributed by atoms with Crippen molar-refractivity contribution in [1.29, 1.82) is 0 Å². The molecule has 0 heterocycles. The lowest BCUT2D eigenvalue weighted by Crippen LogP contribution is -2.33. The predicted octanol–water partition coefficient (Wildman–Crippen LogP) is 10.2. The van der Waals surface area contributed by atoms with E-state index in [4.69, 9.17) is 32.2 Å². The fraction of sp³-hybridized carbons (Fsp3) is 0.409. The highest BCUT2D eigenvalue weighted by Crippen LogP contribution is 2.27. The molecule has 0 fully saturated rings. The van der Waals surface area contributed by atoms with Crippen molar-refractivity contribution in [3.8, 4) is 12.3 Å². The van der Waals surface area contributed by atoms with Crippen LogP contribution in [0.2, 0.25) is 5.02 Å². The van der Waals surface area contributed by atoms with Crippen LogP contribution in [0.5, 0.6) is 0 Å². The quantitative estimate of drug-likeness (QED) is 0.0556. The number of benzene rings is 2. The van der Waals surface area contributed by atoms with Crippen molar-refractivity contribution in [2.45, 2.75) is 78.4 Å². The van der Waals surface area contributed by atoms with E-state index in [-0.39, 0.29) is 18.0 Å². The largest absolute Gasteiger partial charge is 0.466 e. The van der Waals surface area contributed by atoms with Crippen molar-refractivity contribution < 1.29 is 23.8 Å². The topological polar surface area (TPSA) is 65.1 Å². The minimum Gasteiger partial charge on any atom is -0.466 e. The van der Waals surface area contributed by atoms with Crippen LogP contribution in [0.4, 0.5) is 0 Å². The third kappa shape index (κ3) is 15.3. The van der Waals surface area contributed by atoms with Crippen LogP contribution in [0.1, 0.15) is 93.3 Å². The number of allylic oxidation sites excluding steroid dienone is 8. The van der Waals surface area contributed by atoms with Crippen LogP contribution in [-0.4, -0.2) is 50.3 Å². The summed E-state index contributed by atoms with van der Waals surface area (Å²) < 4.78 is 16.9. The lowest BCUT2D eigenvalue weighted by Gasteiger charge is -2.30. The van der Waals surface area contributed by atoms with Gasteiger partial charge in [0.25, 0.3) is 0 Å². The summed E-state index contributed by atoms with van der Waals surface area (Å²) in [7, 11) is 1.38. The van der Waals surface area contributed by atoms with E-state index >= 15 is 0 Å². The molecule has 0 spiro atoms. The molecule has 0 bridgehead atoms. The zero-order chi connectivity index (χ0) is 36.9. The van der Waals surface area contributed by atoms with E-state index in [9.17, 15) is 9.59 Å². The fourth-order valence-corrected chi connectivity index (χ4v) is 5.98. The summed E-state index contributed by atoms with van der Waals surface area (Å²) in [5.74, 6) is 2.17. The van der Waals surface area contributed by atoms with Crippen LogP contribution in [0.3, 0.4) is 0 Å². The maximum atomic E-state index is 12.6. The smallest absolute Gasteiger partial charge is 0.337 e. The molecule has 1 aliphatic rings. The molecule has 6 nitrogen and oxygen atoms in total. The highest BCUT2D eigenvalue weighted by atomic mass is 35.5. The third-order valence-corrected chi connectivity index (χ3v) is 8.97. The molecule has 1 unspecified atom stereocenters. The van der Waals surface area contributed by atoms with E-state index in [0.717, 1.165) is 48.8 Å². The molecule has 0 aromatic heterocycles. The Labute approximate surface area is 310 Å². The number of ether oxygens (including phenoxy) is 3. The van der Waals surface area contributed by atoms with E-state index < -0.39 is 5.41 Å². The average molecular weight is 712 g/mol. The van der Waals surface area contributed by atoms with E-state index in [1.165, 1.54) is 12.7 Å². The van der Waals surface area contributed by atoms with Gasteiger partial charge in [-0.25, -0.2) is 4.79 Å². The normalized spacial score (nSPS) is 13.9. The molecule has 7 heteroatoms. The zero-order valence-corrected chi connectivity index (χ0v) is 31.5. The number of carbonyl (C=O) groups is 2. The second kappa shape index (κ2) is 22.6. The molecule has 3 rings (SSSR count). The van der Waals surface area contributed by atoms with Gasteiger partial charge in [0.1, 0.15) is 0 Å². The molecule has 0 N–H and O–H groups in total. The van der Waals surface area contributed by atoms with Gasteiger partial charge in [0.05, 0.1) is 37.4 Å². The van der Waals surface area contributed by atoms with E-state index in [1.54, 1.807) is 12.1 Å². The van der Waals surface area contributed by atoms with Gasteiger partial charge in [-0.1, -0.05) is 90.0 Å². The molecule has 0 radical (unpaired) electrons. The molecule has 272 valence electrons. The predicted molar refractivity (Wildman–Crippen MR) is 208 cm³/mol. The van der Waals surface area contributed by atoms with Crippen molar-refractivity contribution in [3.05, 3.63) is 130 Å². The van der Waals surface area contributed by atoms with E-state index in [0.29, 0.717) is 56.3 Å². The minimum absolute atomic E-state index is 0.190. The Morgan fingerprint density at radius 2 is 1.90 bits per heavy atom. The summed E-state index contributed by atoms with van der Waals surface area (Å²) in [6.07, 6.45) is 28.5. The molecule has 1 aliphatic carbocycles. The van der Waals surface area contributed by atoms with Crippen LogP contribution < -0.4 is 0 Å². The average Bonchev–Trinajstić information content (AvgIpc) is 3.40. The molecule has 2 aromatic carbocycles. The maximum Gasteiger partial charge on any atom is 0.337 e. The van der Waals surface area contributed by atoms with Gasteiger partial charge >= 0.3 is 11.9 Å². The highest BCUT2D eigenvalue weighted by molar-refractivity contribution is 6.30. The van der Waals surface area contributed by atoms with Gasteiger partial charge in [0, 0.05) is 24.5 Å². The summed E-state index contributed by atoms with van der Waals surface area (Å²) in [6.45, 7) is 8.33. The Bertz CT molecular complexity index is 1590. The SMILES string of the molecule is C#CC/C=C(\C=C/CCCC1=CC=CC=CC1)COC(CN(CCCC(C)(C)C(=O)OCC)Cc1ccc(C(=O)OC)cc1)c1cccc(Cl)c1. The van der Waals surface area contributed by atoms with Crippen molar-refractivity contribution in [2.75, 3.05) is 33.4 Å². The second-order valence-corrected chi connectivity index (χ2v) is 13.7. The number of unbranched alkanes of at least 4 members (excludes halogenated alkanes) is 1. The standard InChI is InChI=1S/C44H54ClNO5/c1-6-8-18-37(22-15-11-14-21-35-19-12-9-10-13-20-35)34-51-41(39-23-16-24-40(45)31-39)33-46(30-17-29-44(3,4)43(48)50-7-2)32-36-25-27-38(28-26-36)42(47)49-5/h1,9-10,12-13,15-16,18-19,22-28,31,41H,7-8,11,14,17,20-21,29-30,32-34H2,2-5H3/b22-15-,37-18+. The highest BCUT2D eigenvalue weighted by Gasteiger charge is 2.29. The first-order chi connectivity index (χ1) is 24.6. The Hall–Kier alpha value is -4.15. The number of nitrogens with zero attached hydrogens (tertiary/aromatic N) is 1. The van der Waals surface area contributed by atoms with Gasteiger partial charge in [-0.2, -0.15) is 0 Å². The van der Waals surface area contributed by atoms with E-state index in [2.05, 4.69) is 53.4 Å². The van der Waals surface area contributed by atoms with Gasteiger partial charge in [-0.15, -0.1) is 12.3 Å². The number of esters is 2. The van der Waals surface area contributed by atoms with E-state index in [1.807, 2.05) is 63.2 Å². The summed E-state index contributed by atoms with van der Waals surface area (Å²) in [6, 6.07) is 15.2. The third-order valence-electron chi connectivity index (χ3n) is 8.73. The van der Waals surface area contributed by atoms with Gasteiger partial charge in [-0.05, 0) is 107 Å². The van der Waals surface area contributed by atoms with Crippen molar-refractivity contribution in [2.24, 2.45) is 5.41 Å². The molecule has 1 atom stereocenters. The number of carbonyl (C=O) groups excluding carboxylic acids is 2. The van der Waals surface area contributed by atoms with Crippen LogP contribution in [0.25, 0.3) is 0 Å². The summed E-state index contributed by atoms with van der Waals surface area (Å²) in [5.41, 5.74) is 4.38. The van der Waals surface area contributed by atoms with Crippen LogP contribution in [-0.2, 0) is 25.5 Å². The Morgan fingerprint density at radius 3 is 2.63 bits per heavy atom. The second-order valence-electron chi connectivity index (χ2n) is 13.3. The molecule has 2 aromatic rings. The lowest BCUT2D eigenvalue weighted by molar-refractivity contribution is -0.153. The molecule has 0 aliphatic heterocycles. The number of hydrogen-bond acceptors (Lipinski definition) is 6. The molecule has 0 saturated heterocycles. The number of methoxy groups -OCH3 is 1. The van der Waals surface area contributed by atoms with Gasteiger partial charge < -0.3 is 14.2 Å². The zero-order valence-electron chi connectivity index (χ0n) is 30.7. The van der Waals surface area contributed by atoms with Gasteiger partial charge in [-0.3, -0.25) is 9.69 Å². The number of rotatable bonds is 21. The summed E-state index contributed by atoms with van der Waals surface area (Å²) in [5, 5.41) is 0.639. The Balaban J connectivity index is 1.78. The number of halogens is 1. The van der Waals surface area contributed by atoms with Gasteiger partial charge in [0.2, 0.25) is 0 Å². The van der Waals surface area contributed by atoms with Crippen LogP contribution >= 0.6 is 11.6 Å². The summed E-state index contributed by atoms with van der Waals surface area (Å²) >= 11 is 6.48. The first-order valence-corrected chi connectivity index (χ1v) is 18.3. The Kier molecular flexibility index (Phi) is 18.3. The minimum atomic E-state index is -0.601. The fourth-order valence-electron chi connectivity index (χ4n) is 5.78. The molecular weight excluding hydrogens is 658 g/mol. The first kappa shape index (κ1) is 41.3.